The number of hydrogen-bond donors (Lipinski definition) is 2. The molecule has 0 bridgehead atoms. The standard InChI is InChI=1S/C20H25N3O2/c1-15(2)17-11-9-16(10-12-17)13-23(3)14-19(24)21-22-20(25)18-7-5-4-6-8-18/h4-12,15H,13-14H2,1-3H3,(H,21,24)(H,22,25). The quantitative estimate of drug-likeness (QED) is 0.796. The first-order valence-electron chi connectivity index (χ1n) is 8.37. The number of nitrogens with one attached hydrogen (secondary N) is 2. The van der Waals surface area contributed by atoms with E-state index in [-0.39, 0.29) is 18.4 Å². The van der Waals surface area contributed by atoms with Crippen LogP contribution in [0.15, 0.2) is 54.6 Å². The van der Waals surface area contributed by atoms with Gasteiger partial charge in [-0.2, -0.15) is 0 Å². The van der Waals surface area contributed by atoms with Gasteiger partial charge in [0.2, 0.25) is 0 Å². The normalized spacial score (nSPS) is 10.8. The Bertz CT molecular complexity index is 697. The van der Waals surface area contributed by atoms with E-state index in [2.05, 4.69) is 49.0 Å². The van der Waals surface area contributed by atoms with Crippen LogP contribution in [0.3, 0.4) is 0 Å². The Morgan fingerprint density at radius 1 is 0.960 bits per heavy atom. The molecule has 0 spiro atoms. The maximum Gasteiger partial charge on any atom is 0.269 e. The highest BCUT2D eigenvalue weighted by atomic mass is 16.2. The minimum atomic E-state index is -0.333. The molecular formula is C20H25N3O2. The van der Waals surface area contributed by atoms with Gasteiger partial charge in [0.25, 0.3) is 11.8 Å². The van der Waals surface area contributed by atoms with Crippen LogP contribution in [0.25, 0.3) is 0 Å². The van der Waals surface area contributed by atoms with Gasteiger partial charge in [0, 0.05) is 12.1 Å². The van der Waals surface area contributed by atoms with E-state index in [1.807, 2.05) is 18.0 Å². The summed E-state index contributed by atoms with van der Waals surface area (Å²) in [5, 5.41) is 0. The van der Waals surface area contributed by atoms with E-state index in [1.54, 1.807) is 24.3 Å². The molecule has 2 aromatic rings. The summed E-state index contributed by atoms with van der Waals surface area (Å²) < 4.78 is 0. The first-order valence-corrected chi connectivity index (χ1v) is 8.37. The Morgan fingerprint density at radius 2 is 1.60 bits per heavy atom. The van der Waals surface area contributed by atoms with Crippen LogP contribution in [0.4, 0.5) is 0 Å². The highest BCUT2D eigenvalue weighted by molar-refractivity contribution is 5.95. The van der Waals surface area contributed by atoms with Crippen molar-refractivity contribution < 1.29 is 9.59 Å². The van der Waals surface area contributed by atoms with Gasteiger partial charge in [-0.05, 0) is 36.2 Å². The Kier molecular flexibility index (Phi) is 6.71. The minimum Gasteiger partial charge on any atom is -0.293 e. The number of nitrogens with zero attached hydrogens (tertiary/aromatic N) is 1. The summed E-state index contributed by atoms with van der Waals surface area (Å²) in [4.78, 5) is 25.7. The van der Waals surface area contributed by atoms with Crippen molar-refractivity contribution in [3.05, 3.63) is 71.3 Å². The fourth-order valence-electron chi connectivity index (χ4n) is 2.45. The monoisotopic (exact) mass is 339 g/mol. The molecule has 0 unspecified atom stereocenters. The van der Waals surface area contributed by atoms with Gasteiger partial charge < -0.3 is 0 Å². The van der Waals surface area contributed by atoms with Crippen LogP contribution in [-0.2, 0) is 11.3 Å². The summed E-state index contributed by atoms with van der Waals surface area (Å²) in [5.41, 5.74) is 7.81. The topological polar surface area (TPSA) is 61.4 Å². The molecule has 0 aliphatic heterocycles. The lowest BCUT2D eigenvalue weighted by Gasteiger charge is -2.17. The minimum absolute atomic E-state index is 0.195. The highest BCUT2D eigenvalue weighted by Crippen LogP contribution is 2.15. The number of rotatable bonds is 6. The van der Waals surface area contributed by atoms with Crippen molar-refractivity contribution >= 4 is 11.8 Å². The number of hydrogen-bond acceptors (Lipinski definition) is 3. The van der Waals surface area contributed by atoms with Crippen molar-refractivity contribution in [1.29, 1.82) is 0 Å². The second-order valence-corrected chi connectivity index (χ2v) is 6.44. The molecule has 0 radical (unpaired) electrons. The van der Waals surface area contributed by atoms with Crippen LogP contribution in [0.2, 0.25) is 0 Å². The van der Waals surface area contributed by atoms with Crippen LogP contribution in [0.1, 0.15) is 41.3 Å². The lowest BCUT2D eigenvalue weighted by atomic mass is 10.0. The Morgan fingerprint density at radius 3 is 2.20 bits per heavy atom. The van der Waals surface area contributed by atoms with Crippen molar-refractivity contribution in [2.45, 2.75) is 26.3 Å². The molecular weight excluding hydrogens is 314 g/mol. The second kappa shape index (κ2) is 8.99. The molecule has 2 amide bonds. The highest BCUT2D eigenvalue weighted by Gasteiger charge is 2.10. The Balaban J connectivity index is 1.77. The fraction of sp³-hybridized carbons (Fsp3) is 0.300. The third-order valence-electron chi connectivity index (χ3n) is 3.86. The Hall–Kier alpha value is -2.66. The van der Waals surface area contributed by atoms with Crippen LogP contribution >= 0.6 is 0 Å². The van der Waals surface area contributed by atoms with Crippen molar-refractivity contribution in [3.8, 4) is 0 Å². The first-order chi connectivity index (χ1) is 12.0. The van der Waals surface area contributed by atoms with E-state index in [9.17, 15) is 9.59 Å². The lowest BCUT2D eigenvalue weighted by molar-refractivity contribution is -0.122. The molecule has 132 valence electrons. The van der Waals surface area contributed by atoms with E-state index in [4.69, 9.17) is 0 Å². The summed E-state index contributed by atoms with van der Waals surface area (Å²) in [6, 6.07) is 17.2. The largest absolute Gasteiger partial charge is 0.293 e. The number of benzene rings is 2. The molecule has 0 aromatic heterocycles. The maximum absolute atomic E-state index is 12.0. The van der Waals surface area contributed by atoms with Crippen LogP contribution in [-0.4, -0.2) is 30.3 Å². The summed E-state index contributed by atoms with van der Waals surface area (Å²) in [5.74, 6) is -0.0859. The van der Waals surface area contributed by atoms with Crippen LogP contribution in [0.5, 0.6) is 0 Å². The number of likely N-dealkylation sites (N-methyl/N-ethyl adjacent to an activating group) is 1. The van der Waals surface area contributed by atoms with Gasteiger partial charge in [0.15, 0.2) is 0 Å². The van der Waals surface area contributed by atoms with E-state index < -0.39 is 0 Å². The van der Waals surface area contributed by atoms with Gasteiger partial charge in [0.1, 0.15) is 0 Å². The van der Waals surface area contributed by atoms with E-state index in [0.717, 1.165) is 5.56 Å². The van der Waals surface area contributed by atoms with Gasteiger partial charge >= 0.3 is 0 Å². The molecule has 2 aromatic carbocycles. The lowest BCUT2D eigenvalue weighted by Crippen LogP contribution is -2.45. The fourth-order valence-corrected chi connectivity index (χ4v) is 2.45. The van der Waals surface area contributed by atoms with Crippen LogP contribution < -0.4 is 10.9 Å². The summed E-state index contributed by atoms with van der Waals surface area (Å²) in [7, 11) is 1.87. The molecule has 5 heteroatoms. The molecule has 0 atom stereocenters. The molecule has 5 nitrogen and oxygen atoms in total. The van der Waals surface area contributed by atoms with Gasteiger partial charge in [-0.15, -0.1) is 0 Å². The van der Waals surface area contributed by atoms with Gasteiger partial charge in [-0.3, -0.25) is 25.3 Å². The van der Waals surface area contributed by atoms with Crippen LogP contribution in [0, 0.1) is 0 Å². The first kappa shape index (κ1) is 18.7. The summed E-state index contributed by atoms with van der Waals surface area (Å²) in [6.45, 7) is 5.18. The summed E-state index contributed by atoms with van der Waals surface area (Å²) >= 11 is 0. The average molecular weight is 339 g/mol. The number of amides is 2. The SMILES string of the molecule is CC(C)c1ccc(CN(C)CC(=O)NNC(=O)c2ccccc2)cc1. The molecule has 25 heavy (non-hydrogen) atoms. The maximum atomic E-state index is 12.0. The smallest absolute Gasteiger partial charge is 0.269 e. The zero-order chi connectivity index (χ0) is 18.2. The predicted molar refractivity (Wildman–Crippen MR) is 98.9 cm³/mol. The predicted octanol–water partition coefficient (Wildman–Crippen LogP) is 2.70. The zero-order valence-corrected chi connectivity index (χ0v) is 15.0. The van der Waals surface area contributed by atoms with Gasteiger partial charge in [-0.1, -0.05) is 56.3 Å². The van der Waals surface area contributed by atoms with Gasteiger partial charge in [0.05, 0.1) is 6.54 Å². The number of carbonyl (C=O) groups excluding carboxylic acids is 2. The second-order valence-electron chi connectivity index (χ2n) is 6.44. The third-order valence-corrected chi connectivity index (χ3v) is 3.86. The van der Waals surface area contributed by atoms with E-state index in [0.29, 0.717) is 18.0 Å². The van der Waals surface area contributed by atoms with E-state index in [1.165, 1.54) is 5.56 Å². The molecule has 0 aliphatic rings. The van der Waals surface area contributed by atoms with Crippen molar-refractivity contribution in [2.75, 3.05) is 13.6 Å². The average Bonchev–Trinajstić information content (AvgIpc) is 2.60. The van der Waals surface area contributed by atoms with Crippen molar-refractivity contribution in [1.82, 2.24) is 15.8 Å². The van der Waals surface area contributed by atoms with Crippen molar-refractivity contribution in [2.24, 2.45) is 0 Å². The molecule has 0 saturated heterocycles. The molecule has 0 heterocycles. The van der Waals surface area contributed by atoms with E-state index >= 15 is 0 Å². The van der Waals surface area contributed by atoms with Gasteiger partial charge in [-0.25, -0.2) is 0 Å². The zero-order valence-electron chi connectivity index (χ0n) is 15.0. The molecule has 0 aliphatic carbocycles. The number of hydrazine groups is 1. The molecule has 0 saturated carbocycles. The molecule has 0 fully saturated rings. The Labute approximate surface area is 149 Å². The molecule has 2 N–H and O–H groups in total. The third kappa shape index (κ3) is 6.04. The summed E-state index contributed by atoms with van der Waals surface area (Å²) in [6.07, 6.45) is 0. The number of carbonyl (C=O) groups is 2. The van der Waals surface area contributed by atoms with Crippen molar-refractivity contribution in [3.63, 3.8) is 0 Å². The molecule has 2 rings (SSSR count).